The smallest absolute Gasteiger partial charge is 0.329 e. The normalized spacial score (nSPS) is 10.5. The number of benzene rings is 2. The Balaban J connectivity index is 1.75. The third kappa shape index (κ3) is 8.11. The number of carbonyl (C=O) groups excluding carboxylic acids is 3. The number of nitrogens with zero attached hydrogens (tertiary/aromatic N) is 1. The van der Waals surface area contributed by atoms with E-state index in [9.17, 15) is 14.4 Å². The van der Waals surface area contributed by atoms with Gasteiger partial charge < -0.3 is 20.1 Å². The number of nitrogens with one attached hydrogen (secondary N) is 3. The Bertz CT molecular complexity index is 897. The number of hydrogen-bond acceptors (Lipinski definition) is 6. The lowest BCUT2D eigenvalue weighted by atomic mass is 10.2. The number of hydrazone groups is 1. The largest absolute Gasteiger partial charge is 0.484 e. The standard InChI is InChI=1S/C21H24N4O5/c1-15-4-3-5-17(12-15)24-19(26)14-30-18-8-6-16(7-9-18)13-23-25-21(28)20(27)22-10-11-29-2/h3-9,12-13H,10-11,14H2,1-2H3,(H,22,27)(H,24,26)(H,25,28)/b23-13-. The Morgan fingerprint density at radius 3 is 2.53 bits per heavy atom. The lowest BCUT2D eigenvalue weighted by Crippen LogP contribution is -2.39. The van der Waals surface area contributed by atoms with Crippen LogP contribution < -0.4 is 20.8 Å². The number of ether oxygens (including phenoxy) is 2. The average Bonchev–Trinajstić information content (AvgIpc) is 2.73. The van der Waals surface area contributed by atoms with Crippen LogP contribution in [0.3, 0.4) is 0 Å². The van der Waals surface area contributed by atoms with Crippen LogP contribution >= 0.6 is 0 Å². The molecule has 0 unspecified atom stereocenters. The quantitative estimate of drug-likeness (QED) is 0.248. The van der Waals surface area contributed by atoms with E-state index in [1.54, 1.807) is 30.3 Å². The topological polar surface area (TPSA) is 118 Å². The first-order valence-corrected chi connectivity index (χ1v) is 9.17. The Morgan fingerprint density at radius 1 is 1.07 bits per heavy atom. The summed E-state index contributed by atoms with van der Waals surface area (Å²) in [6.07, 6.45) is 1.38. The van der Waals surface area contributed by atoms with Crippen LogP contribution in [0.4, 0.5) is 5.69 Å². The molecule has 9 heteroatoms. The Labute approximate surface area is 174 Å². The molecule has 3 N–H and O–H groups in total. The van der Waals surface area contributed by atoms with Crippen LogP contribution in [0.15, 0.2) is 53.6 Å². The predicted octanol–water partition coefficient (Wildman–Crippen LogP) is 1.23. The first-order valence-electron chi connectivity index (χ1n) is 9.17. The maximum atomic E-state index is 12.0. The number of carbonyl (C=O) groups is 3. The van der Waals surface area contributed by atoms with Gasteiger partial charge in [-0.15, -0.1) is 0 Å². The molecule has 2 aromatic carbocycles. The van der Waals surface area contributed by atoms with E-state index in [1.165, 1.54) is 13.3 Å². The molecule has 158 valence electrons. The van der Waals surface area contributed by atoms with Crippen LogP contribution in [0.1, 0.15) is 11.1 Å². The monoisotopic (exact) mass is 412 g/mol. The third-order valence-corrected chi connectivity index (χ3v) is 3.73. The molecule has 0 atom stereocenters. The number of anilines is 1. The fourth-order valence-electron chi connectivity index (χ4n) is 2.28. The van der Waals surface area contributed by atoms with Gasteiger partial charge in [0.15, 0.2) is 6.61 Å². The molecule has 0 radical (unpaired) electrons. The van der Waals surface area contributed by atoms with Crippen LogP contribution in [0.5, 0.6) is 5.75 Å². The van der Waals surface area contributed by atoms with Gasteiger partial charge in [0, 0.05) is 19.3 Å². The van der Waals surface area contributed by atoms with Gasteiger partial charge in [0.25, 0.3) is 5.91 Å². The molecule has 0 aliphatic heterocycles. The minimum atomic E-state index is -0.873. The van der Waals surface area contributed by atoms with Gasteiger partial charge in [-0.25, -0.2) is 5.43 Å². The molecule has 0 aromatic heterocycles. The summed E-state index contributed by atoms with van der Waals surface area (Å²) in [5.41, 5.74) is 4.57. The summed E-state index contributed by atoms with van der Waals surface area (Å²) >= 11 is 0. The van der Waals surface area contributed by atoms with Crippen LogP contribution in [-0.4, -0.2) is 50.8 Å². The van der Waals surface area contributed by atoms with Crippen molar-refractivity contribution in [2.45, 2.75) is 6.92 Å². The second-order valence-corrected chi connectivity index (χ2v) is 6.22. The van der Waals surface area contributed by atoms with Crippen LogP contribution in [0.25, 0.3) is 0 Å². The number of methoxy groups -OCH3 is 1. The predicted molar refractivity (Wildman–Crippen MR) is 112 cm³/mol. The number of amides is 3. The lowest BCUT2D eigenvalue weighted by Gasteiger charge is -2.08. The molecular weight excluding hydrogens is 388 g/mol. The van der Waals surface area contributed by atoms with Gasteiger partial charge >= 0.3 is 11.8 Å². The SMILES string of the molecule is COCCNC(=O)C(=O)N/N=C\c1ccc(OCC(=O)Nc2cccc(C)c2)cc1. The minimum absolute atomic E-state index is 0.129. The van der Waals surface area contributed by atoms with E-state index in [4.69, 9.17) is 9.47 Å². The van der Waals surface area contributed by atoms with Gasteiger partial charge in [0.1, 0.15) is 5.75 Å². The van der Waals surface area contributed by atoms with Gasteiger partial charge in [0.05, 0.1) is 12.8 Å². The molecule has 2 rings (SSSR count). The van der Waals surface area contributed by atoms with Crippen molar-refractivity contribution in [1.82, 2.24) is 10.7 Å². The van der Waals surface area contributed by atoms with Crippen molar-refractivity contribution in [2.24, 2.45) is 5.10 Å². The lowest BCUT2D eigenvalue weighted by molar-refractivity contribution is -0.139. The highest BCUT2D eigenvalue weighted by molar-refractivity contribution is 6.35. The van der Waals surface area contributed by atoms with Crippen molar-refractivity contribution in [3.8, 4) is 5.75 Å². The molecule has 3 amide bonds. The fraction of sp³-hybridized carbons (Fsp3) is 0.238. The fourth-order valence-corrected chi connectivity index (χ4v) is 2.28. The van der Waals surface area contributed by atoms with E-state index in [0.29, 0.717) is 23.6 Å². The molecule has 0 bridgehead atoms. The summed E-state index contributed by atoms with van der Waals surface area (Å²) < 4.78 is 10.2. The van der Waals surface area contributed by atoms with E-state index in [-0.39, 0.29) is 19.1 Å². The van der Waals surface area contributed by atoms with E-state index in [2.05, 4.69) is 21.2 Å². The summed E-state index contributed by atoms with van der Waals surface area (Å²) in [6, 6.07) is 14.2. The molecule has 0 saturated heterocycles. The summed E-state index contributed by atoms with van der Waals surface area (Å²) in [6.45, 7) is 2.36. The van der Waals surface area contributed by atoms with Crippen molar-refractivity contribution in [3.05, 3.63) is 59.7 Å². The van der Waals surface area contributed by atoms with Gasteiger partial charge in [-0.1, -0.05) is 12.1 Å². The summed E-state index contributed by atoms with van der Waals surface area (Å²) in [7, 11) is 1.49. The second kappa shape index (κ2) is 12.0. The minimum Gasteiger partial charge on any atom is -0.484 e. The van der Waals surface area contributed by atoms with E-state index in [1.807, 2.05) is 25.1 Å². The zero-order chi connectivity index (χ0) is 21.8. The van der Waals surface area contributed by atoms with Crippen molar-refractivity contribution in [2.75, 3.05) is 32.2 Å². The highest BCUT2D eigenvalue weighted by Crippen LogP contribution is 2.12. The molecule has 0 aliphatic carbocycles. The number of aryl methyl sites for hydroxylation is 1. The molecule has 0 fully saturated rings. The molecule has 9 nitrogen and oxygen atoms in total. The Morgan fingerprint density at radius 2 is 1.83 bits per heavy atom. The summed E-state index contributed by atoms with van der Waals surface area (Å²) in [5.74, 6) is -1.43. The maximum absolute atomic E-state index is 12.0. The average molecular weight is 412 g/mol. The zero-order valence-electron chi connectivity index (χ0n) is 16.8. The number of hydrogen-bond donors (Lipinski definition) is 3. The molecular formula is C21H24N4O5. The second-order valence-electron chi connectivity index (χ2n) is 6.22. The van der Waals surface area contributed by atoms with Gasteiger partial charge in [-0.3, -0.25) is 14.4 Å². The molecule has 0 spiro atoms. The maximum Gasteiger partial charge on any atom is 0.329 e. The first-order chi connectivity index (χ1) is 14.5. The molecule has 0 saturated carbocycles. The molecule has 0 aliphatic rings. The number of rotatable bonds is 9. The summed E-state index contributed by atoms with van der Waals surface area (Å²) in [4.78, 5) is 35.0. The van der Waals surface area contributed by atoms with E-state index >= 15 is 0 Å². The third-order valence-electron chi connectivity index (χ3n) is 3.73. The van der Waals surface area contributed by atoms with Crippen molar-refractivity contribution in [3.63, 3.8) is 0 Å². The molecule has 30 heavy (non-hydrogen) atoms. The zero-order valence-corrected chi connectivity index (χ0v) is 16.8. The van der Waals surface area contributed by atoms with Crippen molar-refractivity contribution < 1.29 is 23.9 Å². The van der Waals surface area contributed by atoms with E-state index < -0.39 is 11.8 Å². The first kappa shape index (κ1) is 22.6. The van der Waals surface area contributed by atoms with Gasteiger partial charge in [-0.05, 0) is 54.4 Å². The van der Waals surface area contributed by atoms with Crippen molar-refractivity contribution in [1.29, 1.82) is 0 Å². The van der Waals surface area contributed by atoms with E-state index in [0.717, 1.165) is 5.56 Å². The Kier molecular flexibility index (Phi) is 9.01. The molecule has 0 heterocycles. The van der Waals surface area contributed by atoms with Crippen LogP contribution in [0.2, 0.25) is 0 Å². The van der Waals surface area contributed by atoms with Crippen LogP contribution in [0, 0.1) is 6.92 Å². The highest BCUT2D eigenvalue weighted by Gasteiger charge is 2.11. The molecule has 2 aromatic rings. The van der Waals surface area contributed by atoms with Gasteiger partial charge in [-0.2, -0.15) is 5.10 Å². The Hall–Kier alpha value is -3.72. The highest BCUT2D eigenvalue weighted by atomic mass is 16.5. The van der Waals surface area contributed by atoms with Gasteiger partial charge in [0.2, 0.25) is 0 Å². The van der Waals surface area contributed by atoms with Crippen LogP contribution in [-0.2, 0) is 19.1 Å². The van der Waals surface area contributed by atoms with Crippen molar-refractivity contribution >= 4 is 29.6 Å². The summed E-state index contributed by atoms with van der Waals surface area (Å²) in [5, 5.41) is 8.87.